The Morgan fingerprint density at radius 1 is 1.00 bits per heavy atom. The molecule has 0 aliphatic heterocycles. The molecule has 40 heavy (non-hydrogen) atoms. The highest BCUT2D eigenvalue weighted by atomic mass is 16.3. The van der Waals surface area contributed by atoms with Crippen LogP contribution in [0.1, 0.15) is 143 Å². The van der Waals surface area contributed by atoms with Crippen LogP contribution < -0.4 is 5.73 Å². The number of nitrogens with two attached hydrogens (primary N) is 1. The Balaban J connectivity index is 1.43. The minimum atomic E-state index is -0.621. The first-order chi connectivity index (χ1) is 19.1. The SMILES string of the molecule is C=C1C(=CC=C2CCC[C@@]3(C)C2CC[C@@H]3[C@H](C)CCCC(C)(O)CCCCCCCCCCN)C[C@@H](O)C[C@@H]1O. The average Bonchev–Trinajstić information content (AvgIpc) is 3.26. The van der Waals surface area contributed by atoms with Gasteiger partial charge in [-0.05, 0) is 106 Å². The number of hydrogen-bond donors (Lipinski definition) is 4. The molecule has 0 aromatic rings. The average molecular weight is 558 g/mol. The van der Waals surface area contributed by atoms with Gasteiger partial charge >= 0.3 is 0 Å². The van der Waals surface area contributed by atoms with Gasteiger partial charge in [-0.1, -0.05) is 95.9 Å². The maximum Gasteiger partial charge on any atom is 0.0811 e. The van der Waals surface area contributed by atoms with Gasteiger partial charge in [0.25, 0.3) is 0 Å². The molecule has 230 valence electrons. The Morgan fingerprint density at radius 3 is 2.35 bits per heavy atom. The lowest BCUT2D eigenvalue weighted by atomic mass is 9.60. The Kier molecular flexibility index (Phi) is 13.5. The van der Waals surface area contributed by atoms with E-state index < -0.39 is 17.8 Å². The molecule has 3 aliphatic carbocycles. The van der Waals surface area contributed by atoms with Crippen LogP contribution in [-0.4, -0.2) is 39.7 Å². The molecule has 0 spiro atoms. The van der Waals surface area contributed by atoms with E-state index in [9.17, 15) is 15.3 Å². The van der Waals surface area contributed by atoms with Gasteiger partial charge in [0.15, 0.2) is 0 Å². The number of fused-ring (bicyclic) bond motifs is 1. The monoisotopic (exact) mass is 557 g/mol. The summed E-state index contributed by atoms with van der Waals surface area (Å²) in [6, 6.07) is 0. The number of unbranched alkanes of at least 4 members (excludes halogenated alkanes) is 7. The predicted octanol–water partition coefficient (Wildman–Crippen LogP) is 8.15. The molecule has 2 unspecified atom stereocenters. The summed E-state index contributed by atoms with van der Waals surface area (Å²) in [5.74, 6) is 2.07. The molecular formula is C36H63NO3. The zero-order valence-electron chi connectivity index (χ0n) is 26.3. The third-order valence-electron chi connectivity index (χ3n) is 11.0. The molecule has 0 aromatic heterocycles. The van der Waals surface area contributed by atoms with Crippen molar-refractivity contribution in [2.24, 2.45) is 28.9 Å². The number of aliphatic hydroxyl groups excluding tert-OH is 2. The minimum absolute atomic E-state index is 0.359. The summed E-state index contributed by atoms with van der Waals surface area (Å²) in [6.07, 6.45) is 25.0. The molecule has 3 fully saturated rings. The van der Waals surface area contributed by atoms with Gasteiger partial charge in [0, 0.05) is 6.42 Å². The fourth-order valence-electron chi connectivity index (χ4n) is 8.52. The van der Waals surface area contributed by atoms with Crippen molar-refractivity contribution in [3.63, 3.8) is 0 Å². The molecule has 0 amide bonds. The zero-order chi connectivity index (χ0) is 29.2. The van der Waals surface area contributed by atoms with Crippen molar-refractivity contribution >= 4 is 0 Å². The van der Waals surface area contributed by atoms with E-state index in [0.717, 1.165) is 55.7 Å². The smallest absolute Gasteiger partial charge is 0.0811 e. The highest BCUT2D eigenvalue weighted by molar-refractivity contribution is 5.38. The normalized spacial score (nSPS) is 33.3. The van der Waals surface area contributed by atoms with Crippen molar-refractivity contribution in [1.82, 2.24) is 0 Å². The Morgan fingerprint density at radius 2 is 1.65 bits per heavy atom. The van der Waals surface area contributed by atoms with Gasteiger partial charge in [-0.25, -0.2) is 0 Å². The molecule has 0 heterocycles. The standard InChI is InChI=1S/C36H63NO3/c1-27(15-13-22-35(3,40)21-11-9-7-5-6-8-10-12-24-37)32-19-20-33-29(16-14-23-36(32,33)4)17-18-30-25-31(38)26-34(39)28(30)2/h17-18,27,31-34,38-40H,2,5-16,19-26,37H2,1,3-4H3/t27-,31-,32-,33?,34+,35?,36-/m1/s1. The summed E-state index contributed by atoms with van der Waals surface area (Å²) in [7, 11) is 0. The van der Waals surface area contributed by atoms with Crippen LogP contribution in [0.3, 0.4) is 0 Å². The van der Waals surface area contributed by atoms with Crippen LogP contribution in [0.15, 0.2) is 35.5 Å². The maximum atomic E-state index is 11.0. The van der Waals surface area contributed by atoms with E-state index in [-0.39, 0.29) is 0 Å². The highest BCUT2D eigenvalue weighted by Crippen LogP contribution is 2.60. The van der Waals surface area contributed by atoms with Crippen molar-refractivity contribution in [3.8, 4) is 0 Å². The van der Waals surface area contributed by atoms with Crippen LogP contribution in [0, 0.1) is 23.2 Å². The molecule has 0 bridgehead atoms. The van der Waals surface area contributed by atoms with Crippen molar-refractivity contribution in [2.75, 3.05) is 6.54 Å². The number of hydrogen-bond acceptors (Lipinski definition) is 4. The summed E-state index contributed by atoms with van der Waals surface area (Å²) >= 11 is 0. The zero-order valence-corrected chi connectivity index (χ0v) is 26.3. The first-order valence-electron chi connectivity index (χ1n) is 16.9. The van der Waals surface area contributed by atoms with Gasteiger partial charge in [-0.2, -0.15) is 0 Å². The van der Waals surface area contributed by atoms with E-state index in [2.05, 4.69) is 39.5 Å². The molecule has 3 rings (SSSR count). The first-order valence-corrected chi connectivity index (χ1v) is 16.9. The summed E-state index contributed by atoms with van der Waals surface area (Å²) in [6.45, 7) is 12.0. The van der Waals surface area contributed by atoms with Crippen LogP contribution in [0.25, 0.3) is 0 Å². The van der Waals surface area contributed by atoms with E-state index in [1.807, 2.05) is 0 Å². The third kappa shape index (κ3) is 9.54. The maximum absolute atomic E-state index is 11.0. The summed E-state index contributed by atoms with van der Waals surface area (Å²) in [4.78, 5) is 0. The molecule has 3 aliphatic rings. The van der Waals surface area contributed by atoms with Gasteiger partial charge in [0.2, 0.25) is 0 Å². The van der Waals surface area contributed by atoms with Crippen molar-refractivity contribution in [2.45, 2.75) is 161 Å². The molecule has 3 saturated carbocycles. The van der Waals surface area contributed by atoms with Gasteiger partial charge in [0.05, 0.1) is 17.8 Å². The molecule has 0 radical (unpaired) electrons. The van der Waals surface area contributed by atoms with E-state index in [4.69, 9.17) is 5.73 Å². The summed E-state index contributed by atoms with van der Waals surface area (Å²) in [5.41, 5.74) is 8.76. The number of allylic oxidation sites excluding steroid dienone is 3. The fourth-order valence-corrected chi connectivity index (χ4v) is 8.52. The number of rotatable bonds is 16. The number of aliphatic hydroxyl groups is 3. The van der Waals surface area contributed by atoms with E-state index in [1.165, 1.54) is 77.0 Å². The molecule has 0 saturated heterocycles. The summed E-state index contributed by atoms with van der Waals surface area (Å²) in [5, 5.41) is 31.4. The van der Waals surface area contributed by atoms with Crippen molar-refractivity contribution < 1.29 is 15.3 Å². The second-order valence-electron chi connectivity index (χ2n) is 14.4. The van der Waals surface area contributed by atoms with Crippen LogP contribution in [0.2, 0.25) is 0 Å². The van der Waals surface area contributed by atoms with Crippen LogP contribution in [-0.2, 0) is 0 Å². The Labute approximate surface area is 246 Å². The second kappa shape index (κ2) is 16.1. The molecule has 4 nitrogen and oxygen atoms in total. The molecule has 7 atom stereocenters. The fraction of sp³-hybridized carbons (Fsp3) is 0.833. The highest BCUT2D eigenvalue weighted by Gasteiger charge is 2.50. The minimum Gasteiger partial charge on any atom is -0.393 e. The van der Waals surface area contributed by atoms with Crippen molar-refractivity contribution in [1.29, 1.82) is 0 Å². The topological polar surface area (TPSA) is 86.7 Å². The van der Waals surface area contributed by atoms with Gasteiger partial charge in [-0.3, -0.25) is 0 Å². The molecule has 4 heteroatoms. The van der Waals surface area contributed by atoms with E-state index >= 15 is 0 Å². The molecular weight excluding hydrogens is 494 g/mol. The van der Waals surface area contributed by atoms with Gasteiger partial charge in [-0.15, -0.1) is 0 Å². The largest absolute Gasteiger partial charge is 0.393 e. The van der Waals surface area contributed by atoms with E-state index in [0.29, 0.717) is 30.1 Å². The lowest BCUT2D eigenvalue weighted by Gasteiger charge is -2.44. The van der Waals surface area contributed by atoms with Gasteiger partial charge in [0.1, 0.15) is 0 Å². The lowest BCUT2D eigenvalue weighted by molar-refractivity contribution is 0.0324. The Bertz CT molecular complexity index is 845. The van der Waals surface area contributed by atoms with Crippen LogP contribution in [0.5, 0.6) is 0 Å². The van der Waals surface area contributed by atoms with Crippen LogP contribution in [0.4, 0.5) is 0 Å². The first kappa shape index (κ1) is 33.6. The van der Waals surface area contributed by atoms with Crippen molar-refractivity contribution in [3.05, 3.63) is 35.5 Å². The lowest BCUT2D eigenvalue weighted by Crippen LogP contribution is -2.36. The third-order valence-corrected chi connectivity index (χ3v) is 11.0. The summed E-state index contributed by atoms with van der Waals surface area (Å²) < 4.78 is 0. The second-order valence-corrected chi connectivity index (χ2v) is 14.4. The van der Waals surface area contributed by atoms with Gasteiger partial charge < -0.3 is 21.1 Å². The quantitative estimate of drug-likeness (QED) is 0.144. The van der Waals surface area contributed by atoms with Crippen LogP contribution >= 0.6 is 0 Å². The molecule has 5 N–H and O–H groups in total. The predicted molar refractivity (Wildman–Crippen MR) is 169 cm³/mol. The Hall–Kier alpha value is -0.940. The van der Waals surface area contributed by atoms with E-state index in [1.54, 1.807) is 5.57 Å². The molecule has 0 aromatic carbocycles.